The molecule has 0 saturated carbocycles. The second-order valence-corrected chi connectivity index (χ2v) is 20.0. The highest BCUT2D eigenvalue weighted by atomic mass is 31.2. The average Bonchev–Trinajstić information content (AvgIpc) is 3.27. The largest absolute Gasteiger partial charge is 0.470 e. The minimum atomic E-state index is -5.05. The first-order valence-electron chi connectivity index (χ1n) is 26.7. The molecule has 3 unspecified atom stereocenters. The molecule has 1 amide bonds. The van der Waals surface area contributed by atoms with Gasteiger partial charge in [-0.3, -0.25) is 14.1 Å². The number of phosphoric acid groups is 1. The Bertz CT molecular complexity index is 1160. The Morgan fingerprint density at radius 1 is 0.619 bits per heavy atom. The van der Waals surface area contributed by atoms with Gasteiger partial charge in [0.1, 0.15) is 18.2 Å². The van der Waals surface area contributed by atoms with Crippen LogP contribution in [-0.4, -0.2) is 81.8 Å². The number of phosphoric ester groups is 1. The molecule has 8 atom stereocenters. The van der Waals surface area contributed by atoms with Crippen molar-refractivity contribution in [3.8, 4) is 0 Å². The van der Waals surface area contributed by atoms with Crippen LogP contribution < -0.4 is 5.32 Å². The van der Waals surface area contributed by atoms with E-state index in [-0.39, 0.29) is 18.8 Å². The molecular formula is C50H98NO11P. The lowest BCUT2D eigenvalue weighted by Gasteiger charge is -2.43. The number of ether oxygens (including phenoxy) is 2. The van der Waals surface area contributed by atoms with Crippen LogP contribution in [0.3, 0.4) is 0 Å². The number of carbonyl (C=O) groups is 2. The summed E-state index contributed by atoms with van der Waals surface area (Å²) in [7, 11) is -5.05. The number of nitrogens with one attached hydrogen (secondary N) is 1. The lowest BCUT2D eigenvalue weighted by atomic mass is 9.91. The quantitative estimate of drug-likeness (QED) is 0.0193. The summed E-state index contributed by atoms with van der Waals surface area (Å²) in [5, 5.41) is 34.5. The van der Waals surface area contributed by atoms with E-state index in [2.05, 4.69) is 31.0 Å². The van der Waals surface area contributed by atoms with Crippen molar-refractivity contribution in [1.82, 2.24) is 5.32 Å². The lowest BCUT2D eigenvalue weighted by Crippen LogP contribution is -2.65. The predicted molar refractivity (Wildman–Crippen MR) is 254 cm³/mol. The Morgan fingerprint density at radius 3 is 1.38 bits per heavy atom. The zero-order valence-electron chi connectivity index (χ0n) is 41.5. The highest BCUT2D eigenvalue weighted by Gasteiger charge is 2.51. The van der Waals surface area contributed by atoms with Crippen LogP contribution in [-0.2, 0) is 28.2 Å². The Kier molecular flexibility index (Phi) is 36.8. The van der Waals surface area contributed by atoms with E-state index in [1.165, 1.54) is 141 Å². The molecule has 374 valence electrons. The monoisotopic (exact) mass is 921 g/mol. The van der Waals surface area contributed by atoms with Crippen LogP contribution in [0.4, 0.5) is 0 Å². The van der Waals surface area contributed by atoms with Gasteiger partial charge >= 0.3 is 13.8 Å². The summed E-state index contributed by atoms with van der Waals surface area (Å²) in [6.07, 6.45) is 33.0. The molecule has 0 aromatic carbocycles. The van der Waals surface area contributed by atoms with Crippen LogP contribution in [0, 0.1) is 5.92 Å². The smallest absolute Gasteiger partial charge is 0.457 e. The van der Waals surface area contributed by atoms with Crippen molar-refractivity contribution in [3.05, 3.63) is 0 Å². The van der Waals surface area contributed by atoms with Gasteiger partial charge in [0, 0.05) is 6.42 Å². The van der Waals surface area contributed by atoms with Crippen LogP contribution in [0.25, 0.3) is 0 Å². The van der Waals surface area contributed by atoms with Gasteiger partial charge in [0.2, 0.25) is 7.34 Å². The van der Waals surface area contributed by atoms with Gasteiger partial charge in [-0.1, -0.05) is 226 Å². The van der Waals surface area contributed by atoms with Crippen LogP contribution in [0.2, 0.25) is 0 Å². The van der Waals surface area contributed by atoms with Crippen LogP contribution in [0.15, 0.2) is 0 Å². The maximum atomic E-state index is 13.8. The SMILES string of the molecule is [2H]OP(=O)(O)O[C@H]1[C@H](OC(=O)CC(CCCCCCCCC)CCCCCCCCCCCCCCCCCC)[C@@H](NC(=O)C[C@H](O)CCCCCCCCCCC)C(O)O[C@@H]1CO. The number of esters is 1. The van der Waals surface area contributed by atoms with E-state index < -0.39 is 63.1 Å². The van der Waals surface area contributed by atoms with Crippen molar-refractivity contribution in [1.29, 1.82) is 1.43 Å². The van der Waals surface area contributed by atoms with Crippen molar-refractivity contribution in [2.75, 3.05) is 6.61 Å². The number of hydrogen-bond acceptors (Lipinski definition) is 10. The molecule has 1 fully saturated rings. The molecule has 1 heterocycles. The van der Waals surface area contributed by atoms with Gasteiger partial charge in [-0.05, 0) is 25.2 Å². The van der Waals surface area contributed by atoms with E-state index in [4.69, 9.17) is 15.4 Å². The molecule has 12 nitrogen and oxygen atoms in total. The fourth-order valence-corrected chi connectivity index (χ4v) is 9.61. The number of rotatable bonds is 45. The molecule has 0 aliphatic carbocycles. The number of hydrogen-bond donors (Lipinski definition) is 6. The molecule has 0 aromatic heterocycles. The topological polar surface area (TPSA) is 192 Å². The summed E-state index contributed by atoms with van der Waals surface area (Å²) in [4.78, 5) is 41.2. The summed E-state index contributed by atoms with van der Waals surface area (Å²) >= 11 is 0. The van der Waals surface area contributed by atoms with Gasteiger partial charge in [0.05, 0.1) is 19.1 Å². The molecule has 1 rings (SSSR count). The lowest BCUT2D eigenvalue weighted by molar-refractivity contribution is -0.256. The molecule has 0 radical (unpaired) electrons. The second kappa shape index (κ2) is 40.0. The number of carbonyl (C=O) groups excluding carboxylic acids is 2. The van der Waals surface area contributed by atoms with E-state index in [9.17, 15) is 34.4 Å². The van der Waals surface area contributed by atoms with E-state index >= 15 is 0 Å². The summed E-state index contributed by atoms with van der Waals surface area (Å²) < 4.78 is 36.2. The number of aliphatic hydroxyl groups excluding tert-OH is 3. The van der Waals surface area contributed by atoms with Crippen molar-refractivity contribution >= 4 is 19.7 Å². The predicted octanol–water partition coefficient (Wildman–Crippen LogP) is 12.0. The van der Waals surface area contributed by atoms with Gasteiger partial charge in [-0.2, -0.15) is 0 Å². The van der Waals surface area contributed by atoms with Crippen molar-refractivity contribution < 1.29 is 53.3 Å². The van der Waals surface area contributed by atoms with Crippen molar-refractivity contribution in [2.24, 2.45) is 5.92 Å². The Hall–Kier alpha value is -1.11. The minimum absolute atomic E-state index is 0.0253. The summed E-state index contributed by atoms with van der Waals surface area (Å²) in [5.41, 5.74) is 0. The van der Waals surface area contributed by atoms with Gasteiger partial charge in [0.15, 0.2) is 12.4 Å². The van der Waals surface area contributed by atoms with E-state index in [0.29, 0.717) is 6.42 Å². The third-order valence-corrected chi connectivity index (χ3v) is 13.4. The van der Waals surface area contributed by atoms with E-state index in [0.717, 1.165) is 77.0 Å². The Balaban J connectivity index is 2.84. The molecular weight excluding hydrogens is 822 g/mol. The van der Waals surface area contributed by atoms with Gasteiger partial charge in [-0.15, -0.1) is 0 Å². The standard InChI is InChI=1S/C50H98NO11P/c1-4-7-10-13-16-18-19-20-21-22-23-24-26-28-31-34-37-42(36-33-30-27-15-12-9-6-3)39-46(55)61-49-47(50(56)60-44(41-52)48(49)62-63(57,58)59)51-45(54)40-43(53)38-35-32-29-25-17-14-11-8-5-2/h42-44,47-50,52-53,56H,4-41H2,1-3H3,(H,51,54)(H2,57,58,59)/t42?,43-,44-,47-,48-,49-,50?/m1/s1/i/hD. The summed E-state index contributed by atoms with van der Waals surface area (Å²) in [5.74, 6) is -1.27. The number of unbranched alkanes of at least 4 members (excludes halogenated alkanes) is 29. The number of aliphatic hydroxyl groups is 3. The second-order valence-electron chi connectivity index (χ2n) is 18.9. The Labute approximate surface area is 386 Å². The van der Waals surface area contributed by atoms with Gasteiger partial charge < -0.3 is 39.9 Å². The zero-order chi connectivity index (χ0) is 47.1. The molecule has 1 aliphatic heterocycles. The number of amides is 1. The average molecular weight is 921 g/mol. The highest BCUT2D eigenvalue weighted by molar-refractivity contribution is 7.46. The fourth-order valence-electron chi connectivity index (χ4n) is 9.05. The first-order valence-corrected chi connectivity index (χ1v) is 27.8. The maximum absolute atomic E-state index is 13.8. The van der Waals surface area contributed by atoms with E-state index in [1.54, 1.807) is 0 Å². The van der Waals surface area contributed by atoms with Gasteiger partial charge in [0.25, 0.3) is 0 Å². The third-order valence-electron chi connectivity index (χ3n) is 12.9. The van der Waals surface area contributed by atoms with Crippen molar-refractivity contribution in [3.63, 3.8) is 0 Å². The maximum Gasteiger partial charge on any atom is 0.470 e. The first kappa shape index (κ1) is 58.0. The molecule has 6 N–H and O–H groups in total. The van der Waals surface area contributed by atoms with Gasteiger partial charge in [-0.25, -0.2) is 4.57 Å². The summed E-state index contributed by atoms with van der Waals surface area (Å²) in [6, 6.07) is -1.48. The normalized spacial score (nSPS) is 21.1. The highest BCUT2D eigenvalue weighted by Crippen LogP contribution is 2.42. The van der Waals surface area contributed by atoms with Crippen molar-refractivity contribution in [2.45, 2.75) is 295 Å². The summed E-state index contributed by atoms with van der Waals surface area (Å²) in [6.45, 7) is 5.86. The molecule has 0 spiro atoms. The third kappa shape index (κ3) is 33.1. The zero-order valence-corrected chi connectivity index (χ0v) is 41.4. The van der Waals surface area contributed by atoms with Crippen LogP contribution >= 0.6 is 7.82 Å². The minimum Gasteiger partial charge on any atom is -0.457 e. The molecule has 1 aliphatic rings. The van der Waals surface area contributed by atoms with Crippen LogP contribution in [0.5, 0.6) is 0 Å². The molecule has 0 bridgehead atoms. The molecule has 63 heavy (non-hydrogen) atoms. The van der Waals surface area contributed by atoms with Crippen LogP contribution in [0.1, 0.15) is 258 Å². The van der Waals surface area contributed by atoms with E-state index in [1.807, 2.05) is 0 Å². The fraction of sp³-hybridized carbons (Fsp3) is 0.960. The molecule has 1 saturated heterocycles. The first-order chi connectivity index (χ1) is 31.0. The molecule has 13 heteroatoms. The Morgan fingerprint density at radius 2 is 1.00 bits per heavy atom. The molecule has 0 aromatic rings.